The van der Waals surface area contributed by atoms with Gasteiger partial charge in [-0.05, 0) is 38.1 Å². The van der Waals surface area contributed by atoms with Crippen molar-refractivity contribution in [3.63, 3.8) is 0 Å². The lowest BCUT2D eigenvalue weighted by atomic mass is 9.91. The third kappa shape index (κ3) is 4.30. The minimum absolute atomic E-state index is 0. The number of nitrogens with one attached hydrogen (secondary N) is 4. The van der Waals surface area contributed by atoms with E-state index in [1.165, 1.54) is 32.2 Å². The lowest BCUT2D eigenvalue weighted by Crippen LogP contribution is -2.41. The van der Waals surface area contributed by atoms with Crippen molar-refractivity contribution in [3.8, 4) is 5.75 Å². The zero-order chi connectivity index (χ0) is 19.7. The number of carbonyl (C=O) groups excluding carboxylic acids is 2. The SMILES string of the molecule is COc1ccc(S(=O)(=O)NCC2=CCNCC2)cc1C1(C)NC(=O)NC1=O.Cl. The molecule has 2 heterocycles. The zero-order valence-corrected chi connectivity index (χ0v) is 17.1. The summed E-state index contributed by atoms with van der Waals surface area (Å²) in [6, 6.07) is 3.58. The fourth-order valence-corrected chi connectivity index (χ4v) is 4.14. The van der Waals surface area contributed by atoms with Gasteiger partial charge in [-0.25, -0.2) is 17.9 Å². The van der Waals surface area contributed by atoms with E-state index in [0.29, 0.717) is 5.75 Å². The number of sulfonamides is 1. The van der Waals surface area contributed by atoms with Crippen LogP contribution in [0.25, 0.3) is 0 Å². The van der Waals surface area contributed by atoms with E-state index in [1.54, 1.807) is 0 Å². The van der Waals surface area contributed by atoms with Gasteiger partial charge in [-0.3, -0.25) is 10.1 Å². The summed E-state index contributed by atoms with van der Waals surface area (Å²) in [5.74, 6) is -0.275. The van der Waals surface area contributed by atoms with Crippen molar-refractivity contribution >= 4 is 34.4 Å². The summed E-state index contributed by atoms with van der Waals surface area (Å²) < 4.78 is 33.3. The Morgan fingerprint density at radius 3 is 2.61 bits per heavy atom. The summed E-state index contributed by atoms with van der Waals surface area (Å²) in [7, 11) is -2.40. The van der Waals surface area contributed by atoms with Crippen LogP contribution in [0.5, 0.6) is 5.75 Å². The van der Waals surface area contributed by atoms with Crippen molar-refractivity contribution in [3.05, 3.63) is 35.4 Å². The maximum atomic E-state index is 12.7. The largest absolute Gasteiger partial charge is 0.496 e. The van der Waals surface area contributed by atoms with Crippen molar-refractivity contribution in [2.24, 2.45) is 0 Å². The topological polar surface area (TPSA) is 126 Å². The van der Waals surface area contributed by atoms with Gasteiger partial charge in [0.15, 0.2) is 0 Å². The number of halogens is 1. The van der Waals surface area contributed by atoms with Gasteiger partial charge in [0.1, 0.15) is 11.3 Å². The van der Waals surface area contributed by atoms with Crippen molar-refractivity contribution in [2.75, 3.05) is 26.7 Å². The number of rotatable bonds is 6. The molecule has 0 spiro atoms. The first kappa shape index (κ1) is 22.2. The summed E-state index contributed by atoms with van der Waals surface area (Å²) in [6.07, 6.45) is 2.74. The molecule has 2 aliphatic heterocycles. The molecule has 154 valence electrons. The molecule has 3 amide bonds. The highest BCUT2D eigenvalue weighted by Crippen LogP contribution is 2.34. The van der Waals surface area contributed by atoms with Gasteiger partial charge < -0.3 is 15.4 Å². The monoisotopic (exact) mass is 430 g/mol. The Kier molecular flexibility index (Phi) is 6.71. The molecule has 0 radical (unpaired) electrons. The van der Waals surface area contributed by atoms with Crippen molar-refractivity contribution < 1.29 is 22.7 Å². The highest BCUT2D eigenvalue weighted by atomic mass is 35.5. The average molecular weight is 431 g/mol. The highest BCUT2D eigenvalue weighted by Gasteiger charge is 2.45. The van der Waals surface area contributed by atoms with Crippen molar-refractivity contribution in [1.29, 1.82) is 0 Å². The number of amides is 3. The lowest BCUT2D eigenvalue weighted by Gasteiger charge is -2.24. The molecule has 1 unspecified atom stereocenters. The Balaban J connectivity index is 0.00000280. The van der Waals surface area contributed by atoms with Gasteiger partial charge in [-0.2, -0.15) is 0 Å². The maximum Gasteiger partial charge on any atom is 0.322 e. The summed E-state index contributed by atoms with van der Waals surface area (Å²) >= 11 is 0. The molecule has 11 heteroatoms. The molecule has 0 aliphatic carbocycles. The number of urea groups is 1. The van der Waals surface area contributed by atoms with Crippen LogP contribution in [-0.2, 0) is 20.4 Å². The Morgan fingerprint density at radius 1 is 1.29 bits per heavy atom. The fourth-order valence-electron chi connectivity index (χ4n) is 3.08. The molecular formula is C17H23ClN4O5S. The molecule has 1 fully saturated rings. The summed E-state index contributed by atoms with van der Waals surface area (Å²) in [5.41, 5.74) is -0.149. The van der Waals surface area contributed by atoms with Crippen LogP contribution in [0.2, 0.25) is 0 Å². The third-order valence-electron chi connectivity index (χ3n) is 4.71. The van der Waals surface area contributed by atoms with Gasteiger partial charge >= 0.3 is 6.03 Å². The minimum atomic E-state index is -3.81. The van der Waals surface area contributed by atoms with Crippen LogP contribution in [0.4, 0.5) is 4.79 Å². The van der Waals surface area contributed by atoms with E-state index >= 15 is 0 Å². The Hall–Kier alpha value is -2.14. The van der Waals surface area contributed by atoms with Crippen LogP contribution in [0.3, 0.4) is 0 Å². The van der Waals surface area contributed by atoms with Crippen LogP contribution in [-0.4, -0.2) is 47.1 Å². The molecule has 28 heavy (non-hydrogen) atoms. The van der Waals surface area contributed by atoms with E-state index < -0.39 is 27.5 Å². The quantitative estimate of drug-likeness (QED) is 0.381. The van der Waals surface area contributed by atoms with E-state index in [9.17, 15) is 18.0 Å². The van der Waals surface area contributed by atoms with E-state index in [-0.39, 0.29) is 29.4 Å². The van der Waals surface area contributed by atoms with Gasteiger partial charge in [0.2, 0.25) is 10.0 Å². The third-order valence-corrected chi connectivity index (χ3v) is 6.11. The second-order valence-corrected chi connectivity index (χ2v) is 8.30. The number of hydrogen-bond acceptors (Lipinski definition) is 6. The van der Waals surface area contributed by atoms with Crippen LogP contribution in [0.15, 0.2) is 34.7 Å². The Labute approximate surface area is 169 Å². The number of carbonyl (C=O) groups is 2. The molecule has 1 saturated heterocycles. The van der Waals surface area contributed by atoms with E-state index in [0.717, 1.165) is 25.1 Å². The first-order valence-corrected chi connectivity index (χ1v) is 9.95. The summed E-state index contributed by atoms with van der Waals surface area (Å²) in [4.78, 5) is 23.8. The maximum absolute atomic E-state index is 12.7. The molecule has 3 rings (SSSR count). The molecule has 1 aromatic carbocycles. The van der Waals surface area contributed by atoms with Gasteiger partial charge in [-0.1, -0.05) is 11.6 Å². The minimum Gasteiger partial charge on any atom is -0.496 e. The second-order valence-electron chi connectivity index (χ2n) is 6.54. The van der Waals surface area contributed by atoms with E-state index in [4.69, 9.17) is 4.74 Å². The van der Waals surface area contributed by atoms with E-state index in [1.807, 2.05) is 6.08 Å². The molecular weight excluding hydrogens is 408 g/mol. The number of hydrogen-bond donors (Lipinski definition) is 4. The number of imide groups is 1. The lowest BCUT2D eigenvalue weighted by molar-refractivity contribution is -0.123. The number of benzene rings is 1. The summed E-state index contributed by atoms with van der Waals surface area (Å²) in [6.45, 7) is 3.25. The Morgan fingerprint density at radius 2 is 2.04 bits per heavy atom. The first-order chi connectivity index (χ1) is 12.8. The molecule has 0 saturated carbocycles. The average Bonchev–Trinajstić information content (AvgIpc) is 2.93. The number of ether oxygens (including phenoxy) is 1. The molecule has 0 aromatic heterocycles. The Bertz CT molecular complexity index is 918. The normalized spacial score (nSPS) is 22.0. The molecule has 1 aromatic rings. The molecule has 4 N–H and O–H groups in total. The van der Waals surface area contributed by atoms with Crippen LogP contribution in [0.1, 0.15) is 18.9 Å². The van der Waals surface area contributed by atoms with Gasteiger partial charge in [0.05, 0.1) is 12.0 Å². The molecule has 1 atom stereocenters. The number of methoxy groups -OCH3 is 1. The fraction of sp³-hybridized carbons (Fsp3) is 0.412. The van der Waals surface area contributed by atoms with Crippen molar-refractivity contribution in [2.45, 2.75) is 23.8 Å². The molecule has 9 nitrogen and oxygen atoms in total. The predicted molar refractivity (Wildman–Crippen MR) is 105 cm³/mol. The molecule has 2 aliphatic rings. The van der Waals surface area contributed by atoms with Crippen LogP contribution in [0, 0.1) is 0 Å². The van der Waals surface area contributed by atoms with Gasteiger partial charge in [0.25, 0.3) is 5.91 Å². The van der Waals surface area contributed by atoms with E-state index in [2.05, 4.69) is 20.7 Å². The standard InChI is InChI=1S/C17H22N4O5S.ClH/c1-17(15(22)20-16(23)21-17)13-9-12(3-4-14(13)26-2)27(24,25)19-10-11-5-7-18-8-6-11;/h3-5,9,18-19H,6-8,10H2,1-2H3,(H2,20,21,22,23);1H. The zero-order valence-electron chi connectivity index (χ0n) is 15.5. The first-order valence-electron chi connectivity index (χ1n) is 8.46. The highest BCUT2D eigenvalue weighted by molar-refractivity contribution is 7.89. The van der Waals surface area contributed by atoms with Gasteiger partial charge in [-0.15, -0.1) is 12.4 Å². The molecule has 0 bridgehead atoms. The second kappa shape index (κ2) is 8.48. The van der Waals surface area contributed by atoms with Crippen LogP contribution < -0.4 is 25.4 Å². The smallest absolute Gasteiger partial charge is 0.322 e. The predicted octanol–water partition coefficient (Wildman–Crippen LogP) is 0.370. The van der Waals surface area contributed by atoms with Crippen molar-refractivity contribution in [1.82, 2.24) is 20.7 Å². The summed E-state index contributed by atoms with van der Waals surface area (Å²) in [5, 5.41) is 7.85. The van der Waals surface area contributed by atoms with Crippen LogP contribution >= 0.6 is 12.4 Å². The van der Waals surface area contributed by atoms with Gasteiger partial charge in [0, 0.05) is 18.7 Å².